The van der Waals surface area contributed by atoms with Gasteiger partial charge in [0.15, 0.2) is 15.6 Å². The van der Waals surface area contributed by atoms with Gasteiger partial charge in [0, 0.05) is 48.2 Å². The molecule has 0 unspecified atom stereocenters. The molecule has 1 aliphatic rings. The van der Waals surface area contributed by atoms with E-state index in [0.29, 0.717) is 42.4 Å². The van der Waals surface area contributed by atoms with Crippen LogP contribution in [0.5, 0.6) is 5.75 Å². The number of hydrogen-bond donors (Lipinski definition) is 0. The molecule has 1 saturated heterocycles. The fraction of sp³-hybridized carbons (Fsp3) is 0.231. The summed E-state index contributed by atoms with van der Waals surface area (Å²) >= 11 is 0. The third-order valence-electron chi connectivity index (χ3n) is 6.12. The molecule has 1 fully saturated rings. The minimum atomic E-state index is -2.96. The first-order valence-corrected chi connectivity index (χ1v) is 13.2. The van der Waals surface area contributed by atoms with Crippen molar-refractivity contribution in [1.29, 1.82) is 0 Å². The third kappa shape index (κ3) is 5.33. The Labute approximate surface area is 207 Å². The average Bonchev–Trinajstić information content (AvgIpc) is 3.37. The average molecular weight is 510 g/mol. The van der Waals surface area contributed by atoms with Gasteiger partial charge in [0.1, 0.15) is 11.4 Å². The summed E-state index contributed by atoms with van der Waals surface area (Å²) in [6, 6.07) is 19.6. The van der Waals surface area contributed by atoms with Crippen molar-refractivity contribution in [2.75, 3.05) is 36.4 Å². The number of ether oxygens (including phenoxy) is 1. The van der Waals surface area contributed by atoms with Gasteiger partial charge in [-0.15, -0.1) is 0 Å². The number of sulfone groups is 1. The summed E-state index contributed by atoms with van der Waals surface area (Å²) in [4.78, 5) is 14.6. The highest BCUT2D eigenvalue weighted by molar-refractivity contribution is 7.91. The molecule has 8 nitrogen and oxygen atoms in total. The van der Waals surface area contributed by atoms with E-state index in [1.807, 2.05) is 24.3 Å². The van der Waals surface area contributed by atoms with Crippen molar-refractivity contribution >= 4 is 15.5 Å². The van der Waals surface area contributed by atoms with Gasteiger partial charge in [-0.05, 0) is 48.0 Å². The zero-order valence-electron chi connectivity index (χ0n) is 19.3. The molecule has 0 N–H and O–H groups in total. The molecule has 5 rings (SSSR count). The maximum atomic E-state index is 12.6. The molecule has 0 atom stereocenters. The summed E-state index contributed by atoms with van der Waals surface area (Å²) in [5.41, 5.74) is 3.79. The third-order valence-corrected chi connectivity index (χ3v) is 7.73. The second-order valence-corrected chi connectivity index (χ2v) is 10.9. The van der Waals surface area contributed by atoms with Crippen LogP contribution in [0.1, 0.15) is 5.56 Å². The highest BCUT2D eigenvalue weighted by Crippen LogP contribution is 2.27. The first-order valence-electron chi connectivity index (χ1n) is 11.4. The lowest BCUT2D eigenvalue weighted by atomic mass is 10.1. The van der Waals surface area contributed by atoms with E-state index < -0.39 is 16.7 Å². The van der Waals surface area contributed by atoms with Crippen LogP contribution in [0.15, 0.2) is 82.2 Å². The lowest BCUT2D eigenvalue weighted by Gasteiger charge is -2.29. The van der Waals surface area contributed by atoms with Gasteiger partial charge in [0.25, 0.3) is 5.56 Å². The summed E-state index contributed by atoms with van der Waals surface area (Å²) in [6.07, 6.45) is 1.73. The van der Waals surface area contributed by atoms with Crippen molar-refractivity contribution in [3.63, 3.8) is 0 Å². The lowest BCUT2D eigenvalue weighted by molar-refractivity contribution is 0.192. The molecule has 186 valence electrons. The first kappa shape index (κ1) is 23.8. The van der Waals surface area contributed by atoms with Crippen LogP contribution in [0, 0.1) is 0 Å². The second-order valence-electron chi connectivity index (χ2n) is 8.55. The van der Waals surface area contributed by atoms with Crippen LogP contribution in [0.25, 0.3) is 22.6 Å². The molecular weight excluding hydrogens is 485 g/mol. The number of alkyl halides is 1. The minimum Gasteiger partial charge on any atom is -0.463 e. The Hall–Kier alpha value is -3.92. The van der Waals surface area contributed by atoms with E-state index in [1.165, 1.54) is 6.07 Å². The highest BCUT2D eigenvalue weighted by atomic mass is 32.2. The van der Waals surface area contributed by atoms with E-state index in [2.05, 4.69) is 10.1 Å². The highest BCUT2D eigenvalue weighted by Gasteiger charge is 2.21. The Kier molecular flexibility index (Phi) is 6.60. The first-order chi connectivity index (χ1) is 17.4. The molecule has 0 spiro atoms. The number of hydrogen-bond acceptors (Lipinski definition) is 7. The van der Waals surface area contributed by atoms with Gasteiger partial charge in [-0.2, -0.15) is 0 Å². The number of pyridine rings is 1. The van der Waals surface area contributed by atoms with Crippen LogP contribution >= 0.6 is 0 Å². The van der Waals surface area contributed by atoms with Crippen LogP contribution in [0.3, 0.4) is 0 Å². The quantitative estimate of drug-likeness (QED) is 0.374. The van der Waals surface area contributed by atoms with Gasteiger partial charge in [-0.3, -0.25) is 4.79 Å². The molecule has 10 heteroatoms. The summed E-state index contributed by atoms with van der Waals surface area (Å²) < 4.78 is 47.8. The fourth-order valence-electron chi connectivity index (χ4n) is 4.15. The molecule has 4 aromatic rings. The van der Waals surface area contributed by atoms with E-state index in [4.69, 9.17) is 9.26 Å². The molecule has 2 aromatic heterocycles. The fourth-order valence-corrected chi connectivity index (χ4v) is 5.35. The van der Waals surface area contributed by atoms with E-state index >= 15 is 0 Å². The van der Waals surface area contributed by atoms with E-state index in [9.17, 15) is 17.6 Å². The summed E-state index contributed by atoms with van der Waals surface area (Å²) in [7, 11) is -2.96. The zero-order valence-corrected chi connectivity index (χ0v) is 20.2. The predicted molar refractivity (Wildman–Crippen MR) is 135 cm³/mol. The van der Waals surface area contributed by atoms with Crippen molar-refractivity contribution in [1.82, 2.24) is 9.72 Å². The Bertz CT molecular complexity index is 1520. The van der Waals surface area contributed by atoms with Crippen LogP contribution in [0.4, 0.5) is 10.1 Å². The Morgan fingerprint density at radius 3 is 2.47 bits per heavy atom. The van der Waals surface area contributed by atoms with Gasteiger partial charge in [-0.25, -0.2) is 12.8 Å². The number of aromatic nitrogens is 2. The number of rotatable bonds is 7. The van der Waals surface area contributed by atoms with Gasteiger partial charge < -0.3 is 18.7 Å². The van der Waals surface area contributed by atoms with Crippen molar-refractivity contribution < 1.29 is 22.1 Å². The van der Waals surface area contributed by atoms with Crippen molar-refractivity contribution in [3.8, 4) is 28.3 Å². The van der Waals surface area contributed by atoms with Crippen LogP contribution in [-0.2, 0) is 16.4 Å². The Balaban J connectivity index is 1.34. The maximum Gasteiger partial charge on any atom is 0.250 e. The molecule has 36 heavy (non-hydrogen) atoms. The van der Waals surface area contributed by atoms with Crippen LogP contribution in [0.2, 0.25) is 0 Å². The maximum absolute atomic E-state index is 12.6. The predicted octanol–water partition coefficient (Wildman–Crippen LogP) is 3.76. The van der Waals surface area contributed by atoms with Gasteiger partial charge in [0.05, 0.1) is 18.1 Å². The monoisotopic (exact) mass is 509 g/mol. The number of nitrogens with zero attached hydrogens (tertiary/aromatic N) is 3. The van der Waals surface area contributed by atoms with Crippen molar-refractivity contribution in [2.24, 2.45) is 0 Å². The molecule has 3 heterocycles. The molecule has 0 aliphatic carbocycles. The molecule has 1 aliphatic heterocycles. The smallest absolute Gasteiger partial charge is 0.250 e. The Morgan fingerprint density at radius 2 is 1.72 bits per heavy atom. The largest absolute Gasteiger partial charge is 0.463 e. The number of halogens is 1. The standard InChI is InChI=1S/C26H24FN3O5S/c27-18-34-23-7-4-20(5-8-23)24-15-25(35-28-24)21-6-9-26(31)30(17-21)16-19-2-1-3-22(14-19)29-10-12-36(32,33)13-11-29/h1-9,14-15,17H,10-13,16,18H2. The number of benzene rings is 2. The molecule has 2 aromatic carbocycles. The summed E-state index contributed by atoms with van der Waals surface area (Å²) in [6.45, 7) is 0.376. The minimum absolute atomic E-state index is 0.146. The van der Waals surface area contributed by atoms with Gasteiger partial charge in [-0.1, -0.05) is 17.3 Å². The van der Waals surface area contributed by atoms with Crippen LogP contribution in [-0.4, -0.2) is 49.6 Å². The van der Waals surface area contributed by atoms with E-state index in [0.717, 1.165) is 16.8 Å². The van der Waals surface area contributed by atoms with Gasteiger partial charge >= 0.3 is 0 Å². The summed E-state index contributed by atoms with van der Waals surface area (Å²) in [5.74, 6) is 1.22. The van der Waals surface area contributed by atoms with Crippen molar-refractivity contribution in [2.45, 2.75) is 6.54 Å². The van der Waals surface area contributed by atoms with Gasteiger partial charge in [0.2, 0.25) is 6.86 Å². The molecule has 0 saturated carbocycles. The summed E-state index contributed by atoms with van der Waals surface area (Å²) in [5, 5.41) is 4.12. The SMILES string of the molecule is O=c1ccc(-c2cc(-c3ccc(OCF)cc3)no2)cn1Cc1cccc(N2CCS(=O)(=O)CC2)c1. The lowest BCUT2D eigenvalue weighted by Crippen LogP contribution is -2.40. The zero-order chi connectivity index (χ0) is 25.1. The van der Waals surface area contributed by atoms with E-state index in [-0.39, 0.29) is 17.1 Å². The van der Waals surface area contributed by atoms with Crippen molar-refractivity contribution in [3.05, 3.63) is 88.8 Å². The van der Waals surface area contributed by atoms with E-state index in [1.54, 1.807) is 47.2 Å². The Morgan fingerprint density at radius 1 is 0.972 bits per heavy atom. The molecule has 0 amide bonds. The number of anilines is 1. The normalized spacial score (nSPS) is 15.1. The topological polar surface area (TPSA) is 94.6 Å². The van der Waals surface area contributed by atoms with Crippen LogP contribution < -0.4 is 15.2 Å². The molecule has 0 bridgehead atoms. The molecule has 0 radical (unpaired) electrons. The molecular formula is C26H24FN3O5S. The second kappa shape index (κ2) is 9.98.